The Balaban J connectivity index is 1.75. The number of fused-ring (bicyclic) bond motifs is 1. The molecule has 0 radical (unpaired) electrons. The van der Waals surface area contributed by atoms with Crippen LogP contribution in [-0.4, -0.2) is 22.3 Å². The molecule has 4 heteroatoms. The molecule has 0 N–H and O–H groups in total. The molecule has 1 aliphatic carbocycles. The molecule has 2 aromatic rings. The van der Waals surface area contributed by atoms with Gasteiger partial charge in [0.25, 0.3) is 0 Å². The van der Waals surface area contributed by atoms with E-state index < -0.39 is 0 Å². The van der Waals surface area contributed by atoms with Gasteiger partial charge in [-0.15, -0.1) is 11.6 Å². The lowest BCUT2D eigenvalue weighted by molar-refractivity contribution is 0.0532. The fourth-order valence-electron chi connectivity index (χ4n) is 3.01. The summed E-state index contributed by atoms with van der Waals surface area (Å²) >= 11 is 6.03. The van der Waals surface area contributed by atoms with Gasteiger partial charge in [0.1, 0.15) is 5.82 Å². The lowest BCUT2D eigenvalue weighted by Gasteiger charge is -2.13. The zero-order valence-electron chi connectivity index (χ0n) is 11.9. The molecular weight excluding hydrogens is 272 g/mol. The van der Waals surface area contributed by atoms with Crippen LogP contribution in [0.1, 0.15) is 37.1 Å². The summed E-state index contributed by atoms with van der Waals surface area (Å²) < 4.78 is 8.15. The summed E-state index contributed by atoms with van der Waals surface area (Å²) in [5.74, 6) is 1.37. The van der Waals surface area contributed by atoms with Crippen molar-refractivity contribution in [1.82, 2.24) is 9.55 Å². The summed E-state index contributed by atoms with van der Waals surface area (Å²) in [5, 5.41) is 0. The van der Waals surface area contributed by atoms with Crippen molar-refractivity contribution < 1.29 is 4.74 Å². The van der Waals surface area contributed by atoms with Crippen molar-refractivity contribution in [3.8, 4) is 0 Å². The van der Waals surface area contributed by atoms with Crippen molar-refractivity contribution in [2.75, 3.05) is 6.61 Å². The van der Waals surface area contributed by atoms with E-state index in [0.717, 1.165) is 30.0 Å². The molecule has 0 amide bonds. The number of hydrogen-bond donors (Lipinski definition) is 0. The smallest absolute Gasteiger partial charge is 0.124 e. The highest BCUT2D eigenvalue weighted by molar-refractivity contribution is 6.16. The second-order valence-corrected chi connectivity index (χ2v) is 5.85. The molecular formula is C16H21ClN2O. The molecule has 0 saturated heterocycles. The molecule has 3 nitrogen and oxygen atoms in total. The van der Waals surface area contributed by atoms with Crippen LogP contribution in [0.4, 0.5) is 0 Å². The highest BCUT2D eigenvalue weighted by Crippen LogP contribution is 2.22. The topological polar surface area (TPSA) is 27.1 Å². The van der Waals surface area contributed by atoms with Crippen LogP contribution in [0.2, 0.25) is 0 Å². The molecule has 1 aliphatic rings. The van der Waals surface area contributed by atoms with Crippen molar-refractivity contribution >= 4 is 22.6 Å². The van der Waals surface area contributed by atoms with Gasteiger partial charge in [-0.1, -0.05) is 18.9 Å². The summed E-state index contributed by atoms with van der Waals surface area (Å²) in [6.45, 7) is 3.66. The molecule has 1 fully saturated rings. The number of hydrogen-bond acceptors (Lipinski definition) is 2. The van der Waals surface area contributed by atoms with E-state index in [4.69, 9.17) is 16.3 Å². The molecule has 20 heavy (non-hydrogen) atoms. The molecule has 0 unspecified atom stereocenters. The molecule has 0 atom stereocenters. The van der Waals surface area contributed by atoms with E-state index in [-0.39, 0.29) is 0 Å². The normalized spacial score (nSPS) is 16.3. The first kappa shape index (κ1) is 13.9. The summed E-state index contributed by atoms with van der Waals surface area (Å²) in [6.07, 6.45) is 5.51. The van der Waals surface area contributed by atoms with E-state index >= 15 is 0 Å². The summed E-state index contributed by atoms with van der Waals surface area (Å²) in [6, 6.07) is 6.36. The largest absolute Gasteiger partial charge is 0.376 e. The van der Waals surface area contributed by atoms with Crippen molar-refractivity contribution in [2.24, 2.45) is 0 Å². The van der Waals surface area contributed by atoms with Gasteiger partial charge in [-0.25, -0.2) is 4.98 Å². The number of rotatable bonds is 5. The molecule has 0 aliphatic heterocycles. The van der Waals surface area contributed by atoms with Gasteiger partial charge in [-0.2, -0.15) is 0 Å². The van der Waals surface area contributed by atoms with Crippen LogP contribution >= 0.6 is 11.6 Å². The zero-order valence-corrected chi connectivity index (χ0v) is 12.7. The second kappa shape index (κ2) is 6.15. The Bertz CT molecular complexity index is 587. The standard InChI is InChI=1S/C16H21ClN2O/c1-12-6-7-15-14(10-12)18-16(11-17)19(15)8-9-20-13-4-2-3-5-13/h6-7,10,13H,2-5,8-9,11H2,1H3. The minimum atomic E-state index is 0.442. The molecule has 1 heterocycles. The molecule has 1 saturated carbocycles. The number of nitrogens with zero attached hydrogens (tertiary/aromatic N) is 2. The quantitative estimate of drug-likeness (QED) is 0.778. The Morgan fingerprint density at radius 2 is 2.15 bits per heavy atom. The average Bonchev–Trinajstić information content (AvgIpc) is 3.06. The van der Waals surface area contributed by atoms with Crippen molar-refractivity contribution in [1.29, 1.82) is 0 Å². The van der Waals surface area contributed by atoms with E-state index in [1.54, 1.807) is 0 Å². The molecule has 1 aromatic heterocycles. The van der Waals surface area contributed by atoms with Gasteiger partial charge in [-0.05, 0) is 37.5 Å². The summed E-state index contributed by atoms with van der Waals surface area (Å²) in [7, 11) is 0. The van der Waals surface area contributed by atoms with Crippen LogP contribution in [0, 0.1) is 6.92 Å². The van der Waals surface area contributed by atoms with E-state index in [2.05, 4.69) is 34.7 Å². The second-order valence-electron chi connectivity index (χ2n) is 5.58. The molecule has 1 aromatic carbocycles. The van der Waals surface area contributed by atoms with Crippen LogP contribution in [0.15, 0.2) is 18.2 Å². The maximum atomic E-state index is 6.03. The minimum absolute atomic E-state index is 0.442. The Hall–Kier alpha value is -1.06. The first-order valence-electron chi connectivity index (χ1n) is 7.41. The Kier molecular flexibility index (Phi) is 4.27. The van der Waals surface area contributed by atoms with Crippen LogP contribution in [0.5, 0.6) is 0 Å². The van der Waals surface area contributed by atoms with Crippen molar-refractivity contribution in [3.63, 3.8) is 0 Å². The van der Waals surface area contributed by atoms with Gasteiger partial charge in [-0.3, -0.25) is 0 Å². The number of alkyl halides is 1. The minimum Gasteiger partial charge on any atom is -0.376 e. The molecule has 0 spiro atoms. The fourth-order valence-corrected chi connectivity index (χ4v) is 3.21. The van der Waals surface area contributed by atoms with Crippen LogP contribution in [-0.2, 0) is 17.2 Å². The Morgan fingerprint density at radius 1 is 1.35 bits per heavy atom. The van der Waals surface area contributed by atoms with Crippen molar-refractivity contribution in [3.05, 3.63) is 29.6 Å². The molecule has 108 valence electrons. The Labute approximate surface area is 124 Å². The number of benzene rings is 1. The molecule has 0 bridgehead atoms. The monoisotopic (exact) mass is 292 g/mol. The number of imidazole rings is 1. The van der Waals surface area contributed by atoms with E-state index in [0.29, 0.717) is 12.0 Å². The van der Waals surface area contributed by atoms with Gasteiger partial charge in [0.15, 0.2) is 0 Å². The highest BCUT2D eigenvalue weighted by Gasteiger charge is 2.16. The third-order valence-electron chi connectivity index (χ3n) is 4.07. The highest BCUT2D eigenvalue weighted by atomic mass is 35.5. The number of aromatic nitrogens is 2. The van der Waals surface area contributed by atoms with Crippen LogP contribution in [0.25, 0.3) is 11.0 Å². The number of ether oxygens (including phenoxy) is 1. The lowest BCUT2D eigenvalue weighted by atomic mass is 10.2. The SMILES string of the molecule is Cc1ccc2c(c1)nc(CCl)n2CCOC1CCCC1. The Morgan fingerprint density at radius 3 is 2.90 bits per heavy atom. The predicted octanol–water partition coefficient (Wildman–Crippen LogP) is 4.04. The van der Waals surface area contributed by atoms with Gasteiger partial charge in [0.2, 0.25) is 0 Å². The van der Waals surface area contributed by atoms with Gasteiger partial charge < -0.3 is 9.30 Å². The van der Waals surface area contributed by atoms with Gasteiger partial charge >= 0.3 is 0 Å². The first-order valence-corrected chi connectivity index (χ1v) is 7.94. The predicted molar refractivity (Wildman–Crippen MR) is 82.2 cm³/mol. The zero-order chi connectivity index (χ0) is 13.9. The number of aryl methyl sites for hydroxylation is 1. The molecule has 3 rings (SSSR count). The lowest BCUT2D eigenvalue weighted by Crippen LogP contribution is -2.14. The average molecular weight is 293 g/mol. The summed E-state index contributed by atoms with van der Waals surface area (Å²) in [5.41, 5.74) is 3.41. The third-order valence-corrected chi connectivity index (χ3v) is 4.31. The third kappa shape index (κ3) is 2.84. The first-order chi connectivity index (χ1) is 9.78. The maximum absolute atomic E-state index is 6.03. The van der Waals surface area contributed by atoms with E-state index in [9.17, 15) is 0 Å². The maximum Gasteiger partial charge on any atom is 0.124 e. The number of halogens is 1. The van der Waals surface area contributed by atoms with E-state index in [1.165, 1.54) is 31.2 Å². The van der Waals surface area contributed by atoms with Gasteiger partial charge in [0.05, 0.1) is 29.6 Å². The fraction of sp³-hybridized carbons (Fsp3) is 0.562. The van der Waals surface area contributed by atoms with Crippen molar-refractivity contribution in [2.45, 2.75) is 51.1 Å². The van der Waals surface area contributed by atoms with Crippen LogP contribution < -0.4 is 0 Å². The summed E-state index contributed by atoms with van der Waals surface area (Å²) in [4.78, 5) is 4.62. The van der Waals surface area contributed by atoms with E-state index in [1.807, 2.05) is 0 Å². The van der Waals surface area contributed by atoms with Crippen LogP contribution in [0.3, 0.4) is 0 Å². The van der Waals surface area contributed by atoms with Gasteiger partial charge in [0, 0.05) is 6.54 Å².